The van der Waals surface area contributed by atoms with Gasteiger partial charge < -0.3 is 15.0 Å². The summed E-state index contributed by atoms with van der Waals surface area (Å²) >= 11 is 0. The van der Waals surface area contributed by atoms with Crippen LogP contribution in [0.15, 0.2) is 50.5 Å². The molecule has 0 bridgehead atoms. The molecular weight excluding hydrogens is 483 g/mol. The monoisotopic (exact) mass is 512 g/mol. The minimum absolute atomic E-state index is 0.120. The van der Waals surface area contributed by atoms with Gasteiger partial charge in [0.25, 0.3) is 0 Å². The Balaban J connectivity index is 1.58. The van der Waals surface area contributed by atoms with Crippen LogP contribution in [0.25, 0.3) is 22.8 Å². The van der Waals surface area contributed by atoms with E-state index in [9.17, 15) is 4.21 Å². The van der Waals surface area contributed by atoms with Crippen LogP contribution in [0.5, 0.6) is 5.75 Å². The Morgan fingerprint density at radius 2 is 1.94 bits per heavy atom. The third-order valence-corrected chi connectivity index (χ3v) is 10.8. The van der Waals surface area contributed by atoms with Gasteiger partial charge in [0.2, 0.25) is 0 Å². The smallest absolute Gasteiger partial charge is 0.181 e. The van der Waals surface area contributed by atoms with Crippen molar-refractivity contribution in [3.8, 4) is 28.6 Å². The van der Waals surface area contributed by atoms with Crippen LogP contribution in [0.2, 0.25) is 0 Å². The number of nitrogens with zero attached hydrogens (tertiary/aromatic N) is 5. The molecule has 2 aliphatic rings. The normalized spacial score (nSPS) is 25.1. The minimum atomic E-state index is -2.78. The fourth-order valence-electron chi connectivity index (χ4n) is 5.37. The molecule has 1 fully saturated rings. The molecule has 1 saturated carbocycles. The predicted molar refractivity (Wildman–Crippen MR) is 136 cm³/mol. The lowest BCUT2D eigenvalue weighted by molar-refractivity contribution is 0.410. The van der Waals surface area contributed by atoms with Crippen molar-refractivity contribution in [2.45, 2.75) is 49.3 Å². The highest BCUT2D eigenvalue weighted by Crippen LogP contribution is 2.48. The van der Waals surface area contributed by atoms with E-state index in [0.717, 1.165) is 12.8 Å². The zero-order chi connectivity index (χ0) is 25.6. The van der Waals surface area contributed by atoms with Crippen LogP contribution in [0.4, 0.5) is 4.39 Å². The first-order valence-corrected chi connectivity index (χ1v) is 13.6. The third-order valence-electron chi connectivity index (χ3n) is 7.49. The van der Waals surface area contributed by atoms with Crippen molar-refractivity contribution in [2.24, 2.45) is 15.1 Å². The lowest BCUT2D eigenvalue weighted by Crippen LogP contribution is -2.57. The molecular formula is C25H29FN6O3S. The first kappa shape index (κ1) is 24.4. The molecule has 11 heteroatoms. The van der Waals surface area contributed by atoms with Gasteiger partial charge in [-0.25, -0.2) is 22.9 Å². The van der Waals surface area contributed by atoms with E-state index in [-0.39, 0.29) is 5.75 Å². The fraction of sp³-hybridized carbons (Fsp3) is 0.440. The number of benzene rings is 1. The molecule has 2 aromatic heterocycles. The molecule has 1 aliphatic carbocycles. The van der Waals surface area contributed by atoms with Crippen LogP contribution >= 0.6 is 0 Å². The molecule has 5 rings (SSSR count). The summed E-state index contributed by atoms with van der Waals surface area (Å²) < 4.78 is 43.9. The van der Waals surface area contributed by atoms with Gasteiger partial charge in [0, 0.05) is 24.2 Å². The molecule has 0 radical (unpaired) electrons. The summed E-state index contributed by atoms with van der Waals surface area (Å²) in [6.45, 7) is 1.90. The highest BCUT2D eigenvalue weighted by atomic mass is 32.2. The van der Waals surface area contributed by atoms with E-state index in [1.54, 1.807) is 25.2 Å². The summed E-state index contributed by atoms with van der Waals surface area (Å²) in [5, 5.41) is 4.07. The number of hydrogen-bond donors (Lipinski definition) is 1. The van der Waals surface area contributed by atoms with Crippen LogP contribution in [0.1, 0.15) is 44.6 Å². The van der Waals surface area contributed by atoms with Crippen molar-refractivity contribution in [3.05, 3.63) is 48.0 Å². The van der Waals surface area contributed by atoms with Gasteiger partial charge in [-0.05, 0) is 37.5 Å². The Morgan fingerprint density at radius 1 is 1.22 bits per heavy atom. The summed E-state index contributed by atoms with van der Waals surface area (Å²) in [5.41, 5.74) is 6.78. The first-order chi connectivity index (χ1) is 17.3. The second-order valence-electron chi connectivity index (χ2n) is 9.27. The molecule has 36 heavy (non-hydrogen) atoms. The Kier molecular flexibility index (Phi) is 6.06. The second-order valence-corrected chi connectivity index (χ2v) is 12.0. The van der Waals surface area contributed by atoms with Crippen molar-refractivity contribution in [1.29, 1.82) is 0 Å². The SMILES string of the molecule is CC[C@@]1(c2cc(-c3cc(-c4ncc(OC)cn4)no3)ccc2F)CS(=O)(=NC)C2(CCCC2)C(N)=N1. The van der Waals surface area contributed by atoms with Gasteiger partial charge in [-0.1, -0.05) is 24.9 Å². The summed E-state index contributed by atoms with van der Waals surface area (Å²) in [6.07, 6.45) is 6.73. The number of methoxy groups -OCH3 is 1. The zero-order valence-corrected chi connectivity index (χ0v) is 21.3. The average molecular weight is 513 g/mol. The van der Waals surface area contributed by atoms with Gasteiger partial charge >= 0.3 is 0 Å². The fourth-order valence-corrected chi connectivity index (χ4v) is 8.49. The van der Waals surface area contributed by atoms with E-state index in [2.05, 4.69) is 19.5 Å². The molecule has 2 N–H and O–H groups in total. The van der Waals surface area contributed by atoms with Crippen LogP contribution in [-0.2, 0) is 15.3 Å². The topological polar surface area (TPSA) is 129 Å². The number of halogens is 1. The van der Waals surface area contributed by atoms with E-state index in [0.29, 0.717) is 59.3 Å². The number of aliphatic imine (C=N–C) groups is 1. The highest BCUT2D eigenvalue weighted by molar-refractivity contribution is 7.95. The Morgan fingerprint density at radius 3 is 2.58 bits per heavy atom. The number of hydrogen-bond acceptors (Lipinski definition) is 9. The molecule has 190 valence electrons. The van der Waals surface area contributed by atoms with Crippen molar-refractivity contribution in [2.75, 3.05) is 19.9 Å². The van der Waals surface area contributed by atoms with Crippen molar-refractivity contribution >= 4 is 15.6 Å². The summed E-state index contributed by atoms with van der Waals surface area (Å²) in [7, 11) is 0.332. The summed E-state index contributed by atoms with van der Waals surface area (Å²) in [4.78, 5) is 13.3. The van der Waals surface area contributed by atoms with Gasteiger partial charge in [0.1, 0.15) is 21.9 Å². The molecule has 3 aromatic rings. The second kappa shape index (κ2) is 8.95. The van der Waals surface area contributed by atoms with Crippen LogP contribution in [-0.4, -0.2) is 49.8 Å². The molecule has 0 amide bonds. The molecule has 1 aliphatic heterocycles. The number of nitrogens with two attached hydrogens (primary N) is 1. The molecule has 9 nitrogen and oxygen atoms in total. The standard InChI is InChI=1S/C25H29FN6O3S/c1-4-24(15-36(33,28-2)25(23(27)31-24)9-5-6-10-25)18-11-16(7-8-19(18)26)21-12-20(32-35-21)22-29-13-17(34-3)14-30-22/h7-8,11-14H,4-6,9-10,15H2,1-3H3,(H2,27,31)/t24-,36?/m0/s1. The molecule has 1 spiro atoms. The number of aromatic nitrogens is 3. The van der Waals surface area contributed by atoms with E-state index < -0.39 is 25.8 Å². The van der Waals surface area contributed by atoms with E-state index in [4.69, 9.17) is 20.0 Å². The highest BCUT2D eigenvalue weighted by Gasteiger charge is 2.55. The maximum atomic E-state index is 15.4. The zero-order valence-electron chi connectivity index (χ0n) is 20.5. The summed E-state index contributed by atoms with van der Waals surface area (Å²) in [5.74, 6) is 1.31. The summed E-state index contributed by atoms with van der Waals surface area (Å²) in [6, 6.07) is 6.34. The van der Waals surface area contributed by atoms with Gasteiger partial charge in [0.15, 0.2) is 23.0 Å². The van der Waals surface area contributed by atoms with Crippen molar-refractivity contribution < 1.29 is 17.9 Å². The maximum Gasteiger partial charge on any atom is 0.181 e. The quantitative estimate of drug-likeness (QED) is 0.538. The van der Waals surface area contributed by atoms with Crippen LogP contribution in [0, 0.1) is 5.82 Å². The van der Waals surface area contributed by atoms with E-state index >= 15 is 4.39 Å². The Hall–Kier alpha value is -3.34. The van der Waals surface area contributed by atoms with Gasteiger partial charge in [0.05, 0.1) is 35.0 Å². The number of ether oxygens (including phenoxy) is 1. The Bertz CT molecular complexity index is 1440. The maximum absolute atomic E-state index is 15.4. The number of amidine groups is 1. The van der Waals surface area contributed by atoms with E-state index in [1.165, 1.54) is 25.6 Å². The minimum Gasteiger partial charge on any atom is -0.494 e. The van der Waals surface area contributed by atoms with Gasteiger partial charge in [-0.3, -0.25) is 4.99 Å². The predicted octanol–water partition coefficient (Wildman–Crippen LogP) is 4.33. The Labute approximate surface area is 209 Å². The lowest BCUT2D eigenvalue weighted by atomic mass is 9.87. The van der Waals surface area contributed by atoms with Crippen molar-refractivity contribution in [3.63, 3.8) is 0 Å². The van der Waals surface area contributed by atoms with Crippen LogP contribution < -0.4 is 10.5 Å². The lowest BCUT2D eigenvalue weighted by Gasteiger charge is -2.43. The molecule has 1 aromatic carbocycles. The van der Waals surface area contributed by atoms with E-state index in [1.807, 2.05) is 6.92 Å². The molecule has 1 unspecified atom stereocenters. The van der Waals surface area contributed by atoms with Gasteiger partial charge in [-0.15, -0.1) is 0 Å². The molecule has 0 saturated heterocycles. The largest absolute Gasteiger partial charge is 0.494 e. The first-order valence-electron chi connectivity index (χ1n) is 11.9. The van der Waals surface area contributed by atoms with Gasteiger partial charge in [-0.2, -0.15) is 0 Å². The molecule has 2 atom stereocenters. The van der Waals surface area contributed by atoms with Crippen molar-refractivity contribution in [1.82, 2.24) is 15.1 Å². The van der Waals surface area contributed by atoms with Crippen LogP contribution in [0.3, 0.4) is 0 Å². The average Bonchev–Trinajstić information content (AvgIpc) is 3.59. The third kappa shape index (κ3) is 3.68. The number of rotatable bonds is 5. The molecule has 3 heterocycles.